The molecule has 2 amide bonds. The van der Waals surface area contributed by atoms with E-state index in [9.17, 15) is 18.0 Å². The van der Waals surface area contributed by atoms with Gasteiger partial charge in [-0.25, -0.2) is 8.42 Å². The number of amides is 2. The molecular weight excluding hydrogens is 562 g/mol. The van der Waals surface area contributed by atoms with Gasteiger partial charge in [0.2, 0.25) is 11.8 Å². The van der Waals surface area contributed by atoms with Crippen LogP contribution in [0.25, 0.3) is 0 Å². The molecule has 0 aliphatic heterocycles. The fourth-order valence-corrected chi connectivity index (χ4v) is 6.00. The predicted molar refractivity (Wildman–Crippen MR) is 163 cm³/mol. The van der Waals surface area contributed by atoms with Gasteiger partial charge in [0.25, 0.3) is 10.0 Å². The number of sulfonamides is 1. The van der Waals surface area contributed by atoms with Crippen molar-refractivity contribution in [3.8, 4) is 5.75 Å². The number of para-hydroxylation sites is 1. The highest BCUT2D eigenvalue weighted by Crippen LogP contribution is 2.28. The highest BCUT2D eigenvalue weighted by atomic mass is 35.5. The van der Waals surface area contributed by atoms with Crippen LogP contribution in [0.15, 0.2) is 77.7 Å². The Morgan fingerprint density at radius 3 is 2.29 bits per heavy atom. The number of hydrogen-bond donors (Lipinski definition) is 1. The van der Waals surface area contributed by atoms with E-state index in [4.69, 9.17) is 16.3 Å². The van der Waals surface area contributed by atoms with E-state index in [0.717, 1.165) is 9.87 Å². The molecule has 220 valence electrons. The first kappa shape index (κ1) is 32.0. The first-order valence-electron chi connectivity index (χ1n) is 13.5. The van der Waals surface area contributed by atoms with Gasteiger partial charge in [0.15, 0.2) is 0 Å². The first-order valence-corrected chi connectivity index (χ1v) is 15.3. The Morgan fingerprint density at radius 1 is 1.00 bits per heavy atom. The fraction of sp³-hybridized carbons (Fsp3) is 0.355. The summed E-state index contributed by atoms with van der Waals surface area (Å²) in [6.45, 7) is 7.63. The van der Waals surface area contributed by atoms with Gasteiger partial charge in [-0.15, -0.1) is 0 Å². The van der Waals surface area contributed by atoms with E-state index in [0.29, 0.717) is 35.0 Å². The summed E-state index contributed by atoms with van der Waals surface area (Å²) in [7, 11) is -2.62. The van der Waals surface area contributed by atoms with E-state index in [1.165, 1.54) is 29.2 Å². The van der Waals surface area contributed by atoms with E-state index in [2.05, 4.69) is 5.32 Å². The van der Waals surface area contributed by atoms with Gasteiger partial charge in [0.1, 0.15) is 18.3 Å². The molecule has 0 saturated heterocycles. The molecule has 0 fully saturated rings. The maximum Gasteiger partial charge on any atom is 0.264 e. The second-order valence-corrected chi connectivity index (χ2v) is 12.5. The summed E-state index contributed by atoms with van der Waals surface area (Å²) in [4.78, 5) is 28.9. The average molecular weight is 600 g/mol. The number of carbonyl (C=O) groups excluding carboxylic acids is 2. The third-order valence-corrected chi connectivity index (χ3v) is 8.65. The molecule has 1 atom stereocenters. The van der Waals surface area contributed by atoms with Gasteiger partial charge in [0.05, 0.1) is 17.7 Å². The number of anilines is 1. The Labute approximate surface area is 248 Å². The van der Waals surface area contributed by atoms with Crippen molar-refractivity contribution in [1.82, 2.24) is 10.2 Å². The van der Waals surface area contributed by atoms with Crippen LogP contribution in [-0.2, 0) is 26.2 Å². The molecule has 3 rings (SSSR count). The van der Waals surface area contributed by atoms with Gasteiger partial charge in [-0.3, -0.25) is 13.9 Å². The van der Waals surface area contributed by atoms with E-state index in [1.807, 2.05) is 26.8 Å². The monoisotopic (exact) mass is 599 g/mol. The number of nitrogens with zero attached hydrogens (tertiary/aromatic N) is 2. The second-order valence-electron chi connectivity index (χ2n) is 10.2. The minimum atomic E-state index is -4.17. The minimum Gasteiger partial charge on any atom is -0.497 e. The van der Waals surface area contributed by atoms with Crippen LogP contribution < -0.4 is 14.4 Å². The molecule has 0 aliphatic carbocycles. The van der Waals surface area contributed by atoms with Gasteiger partial charge in [-0.05, 0) is 72.9 Å². The van der Waals surface area contributed by atoms with E-state index in [1.54, 1.807) is 56.5 Å². The lowest BCUT2D eigenvalue weighted by Crippen LogP contribution is -2.52. The van der Waals surface area contributed by atoms with Crippen LogP contribution in [0.3, 0.4) is 0 Å². The SMILES string of the molecule is CC[C@H](C(=O)NCC(C)C)N(Cc1cccc(OC)c1)C(=O)CN(c1ccccc1C)S(=O)(=O)c1ccc(Cl)cc1. The zero-order valence-electron chi connectivity index (χ0n) is 24.1. The van der Waals surface area contributed by atoms with Gasteiger partial charge in [0, 0.05) is 18.1 Å². The third-order valence-electron chi connectivity index (χ3n) is 6.62. The van der Waals surface area contributed by atoms with Crippen LogP contribution in [-0.4, -0.2) is 51.4 Å². The molecule has 1 N–H and O–H groups in total. The molecule has 0 aliphatic rings. The molecule has 0 heterocycles. The minimum absolute atomic E-state index is 0.000910. The Kier molecular flexibility index (Phi) is 11.2. The smallest absolute Gasteiger partial charge is 0.264 e. The van der Waals surface area contributed by atoms with Crippen LogP contribution in [0.2, 0.25) is 5.02 Å². The number of aryl methyl sites for hydroxylation is 1. The van der Waals surface area contributed by atoms with E-state index < -0.39 is 28.5 Å². The van der Waals surface area contributed by atoms with Crippen molar-refractivity contribution in [2.45, 2.75) is 51.6 Å². The average Bonchev–Trinajstić information content (AvgIpc) is 2.95. The molecule has 0 saturated carbocycles. The maximum atomic E-state index is 14.2. The van der Waals surface area contributed by atoms with Gasteiger partial charge in [-0.2, -0.15) is 0 Å². The van der Waals surface area contributed by atoms with Gasteiger partial charge < -0.3 is 15.0 Å². The summed E-state index contributed by atoms with van der Waals surface area (Å²) >= 11 is 6.02. The highest BCUT2D eigenvalue weighted by Gasteiger charge is 2.34. The van der Waals surface area contributed by atoms with Crippen LogP contribution >= 0.6 is 11.6 Å². The van der Waals surface area contributed by atoms with Crippen molar-refractivity contribution >= 4 is 39.1 Å². The van der Waals surface area contributed by atoms with Gasteiger partial charge in [-0.1, -0.05) is 62.7 Å². The number of hydrogen-bond acceptors (Lipinski definition) is 5. The first-order chi connectivity index (χ1) is 19.5. The van der Waals surface area contributed by atoms with Crippen LogP contribution in [0.1, 0.15) is 38.3 Å². The Balaban J connectivity index is 2.07. The number of methoxy groups -OCH3 is 1. The van der Waals surface area contributed by atoms with Crippen molar-refractivity contribution in [1.29, 1.82) is 0 Å². The summed E-state index contributed by atoms with van der Waals surface area (Å²) in [6, 6.07) is 19.2. The quantitative estimate of drug-likeness (QED) is 0.283. The lowest BCUT2D eigenvalue weighted by molar-refractivity contribution is -0.140. The van der Waals surface area contributed by atoms with Gasteiger partial charge >= 0.3 is 0 Å². The lowest BCUT2D eigenvalue weighted by atomic mass is 10.1. The highest BCUT2D eigenvalue weighted by molar-refractivity contribution is 7.92. The number of halogens is 1. The molecule has 0 bridgehead atoms. The molecule has 3 aromatic carbocycles. The number of rotatable bonds is 13. The van der Waals surface area contributed by atoms with Crippen molar-refractivity contribution in [2.24, 2.45) is 5.92 Å². The predicted octanol–water partition coefficient (Wildman–Crippen LogP) is 5.43. The normalized spacial score (nSPS) is 12.1. The molecule has 41 heavy (non-hydrogen) atoms. The summed E-state index contributed by atoms with van der Waals surface area (Å²) in [6.07, 6.45) is 0.341. The summed E-state index contributed by atoms with van der Waals surface area (Å²) in [5.41, 5.74) is 1.80. The lowest BCUT2D eigenvalue weighted by Gasteiger charge is -2.33. The molecular formula is C31H38ClN3O5S. The molecule has 0 unspecified atom stereocenters. The molecule has 0 radical (unpaired) electrons. The number of benzene rings is 3. The maximum absolute atomic E-state index is 14.2. The Hall–Kier alpha value is -3.56. The summed E-state index contributed by atoms with van der Waals surface area (Å²) in [5, 5.41) is 3.32. The molecule has 3 aromatic rings. The van der Waals surface area contributed by atoms with Crippen LogP contribution in [0, 0.1) is 12.8 Å². The van der Waals surface area contributed by atoms with Crippen molar-refractivity contribution in [3.05, 3.63) is 88.9 Å². The van der Waals surface area contributed by atoms with Crippen molar-refractivity contribution in [3.63, 3.8) is 0 Å². The third kappa shape index (κ3) is 8.24. The molecule has 0 aromatic heterocycles. The second kappa shape index (κ2) is 14.4. The van der Waals surface area contributed by atoms with E-state index >= 15 is 0 Å². The van der Waals surface area contributed by atoms with Crippen molar-refractivity contribution < 1.29 is 22.7 Å². The molecule has 8 nitrogen and oxygen atoms in total. The summed E-state index contributed by atoms with van der Waals surface area (Å²) in [5.74, 6) is 0.0275. The topological polar surface area (TPSA) is 96.0 Å². The molecule has 0 spiro atoms. The standard InChI is InChI=1S/C31H38ClN3O5S/c1-6-28(31(37)33-19-22(2)3)34(20-24-11-9-12-26(18-24)40-5)30(36)21-35(29-13-8-7-10-23(29)4)41(38,39)27-16-14-25(32)15-17-27/h7-18,22,28H,6,19-21H2,1-5H3,(H,33,37)/t28-/m1/s1. The van der Waals surface area contributed by atoms with Crippen LogP contribution in [0.5, 0.6) is 5.75 Å². The summed E-state index contributed by atoms with van der Waals surface area (Å²) < 4.78 is 34.4. The Morgan fingerprint density at radius 2 is 1.68 bits per heavy atom. The number of nitrogens with one attached hydrogen (secondary N) is 1. The van der Waals surface area contributed by atoms with E-state index in [-0.39, 0.29) is 23.3 Å². The van der Waals surface area contributed by atoms with Crippen LogP contribution in [0.4, 0.5) is 5.69 Å². The number of carbonyl (C=O) groups is 2. The molecule has 10 heteroatoms. The Bertz CT molecular complexity index is 1440. The largest absolute Gasteiger partial charge is 0.497 e. The van der Waals surface area contributed by atoms with Crippen molar-refractivity contribution in [2.75, 3.05) is 24.5 Å². The zero-order valence-corrected chi connectivity index (χ0v) is 25.7. The zero-order chi connectivity index (χ0) is 30.2. The number of ether oxygens (including phenoxy) is 1. The fourth-order valence-electron chi connectivity index (χ4n) is 4.40.